The van der Waals surface area contributed by atoms with Crippen molar-refractivity contribution in [2.45, 2.75) is 36.8 Å². The number of carbonyl (C=O) groups excluding carboxylic acids is 1. The first kappa shape index (κ1) is 13.5. The van der Waals surface area contributed by atoms with E-state index in [4.69, 9.17) is 9.84 Å². The van der Waals surface area contributed by atoms with E-state index in [9.17, 15) is 9.59 Å². The van der Waals surface area contributed by atoms with Gasteiger partial charge in [0.2, 0.25) is 0 Å². The summed E-state index contributed by atoms with van der Waals surface area (Å²) < 4.78 is 4.48. The number of hydrogen-bond donors (Lipinski definition) is 2. The molecule has 0 aromatic heterocycles. The third-order valence-electron chi connectivity index (χ3n) is 1.03. The molecule has 0 aliphatic heterocycles. The van der Waals surface area contributed by atoms with Gasteiger partial charge in [-0.25, -0.2) is 4.79 Å². The molecule has 1 atom stereocenters. The standard InChI is InChI=1S/C8H14INO4/c1-8(2,3)14-7(13)10-5(9)4-6(11)12/h5H,4H2,1-3H3,(H,10,13)(H,11,12). The fourth-order valence-corrected chi connectivity index (χ4v) is 1.27. The third kappa shape index (κ3) is 8.09. The SMILES string of the molecule is CC(C)(C)OC(=O)NC(I)CC(=O)O. The zero-order chi connectivity index (χ0) is 11.4. The van der Waals surface area contributed by atoms with Gasteiger partial charge in [0.05, 0.1) is 10.5 Å². The van der Waals surface area contributed by atoms with Crippen molar-refractivity contribution in [3.05, 3.63) is 0 Å². The number of alkyl halides is 1. The monoisotopic (exact) mass is 315 g/mol. The van der Waals surface area contributed by atoms with Gasteiger partial charge in [-0.15, -0.1) is 0 Å². The maximum atomic E-state index is 11.1. The number of carboxylic acid groups (broad SMARTS) is 1. The molecule has 1 unspecified atom stereocenters. The molecule has 82 valence electrons. The maximum Gasteiger partial charge on any atom is 0.408 e. The highest BCUT2D eigenvalue weighted by molar-refractivity contribution is 14.1. The highest BCUT2D eigenvalue weighted by Crippen LogP contribution is 2.08. The van der Waals surface area contributed by atoms with E-state index in [-0.39, 0.29) is 6.42 Å². The van der Waals surface area contributed by atoms with Gasteiger partial charge in [0.1, 0.15) is 5.60 Å². The van der Waals surface area contributed by atoms with Gasteiger partial charge in [0, 0.05) is 0 Å². The molecular weight excluding hydrogens is 301 g/mol. The Balaban J connectivity index is 3.89. The summed E-state index contributed by atoms with van der Waals surface area (Å²) in [5.74, 6) is -0.958. The maximum absolute atomic E-state index is 11.1. The number of nitrogens with one attached hydrogen (secondary N) is 1. The molecule has 0 rings (SSSR count). The number of halogens is 1. The van der Waals surface area contributed by atoms with Gasteiger partial charge >= 0.3 is 12.1 Å². The Bertz CT molecular complexity index is 224. The van der Waals surface area contributed by atoms with Crippen LogP contribution in [0.5, 0.6) is 0 Å². The summed E-state index contributed by atoms with van der Waals surface area (Å²) in [5, 5.41) is 10.8. The van der Waals surface area contributed by atoms with Crippen LogP contribution in [0.3, 0.4) is 0 Å². The van der Waals surface area contributed by atoms with Crippen molar-refractivity contribution in [1.82, 2.24) is 5.32 Å². The van der Waals surface area contributed by atoms with Gasteiger partial charge in [-0.2, -0.15) is 0 Å². The number of alkyl carbamates (subject to hydrolysis) is 1. The van der Waals surface area contributed by atoms with Crippen LogP contribution in [-0.2, 0) is 9.53 Å². The summed E-state index contributed by atoms with van der Waals surface area (Å²) in [6.07, 6.45) is -0.724. The molecule has 2 N–H and O–H groups in total. The van der Waals surface area contributed by atoms with Gasteiger partial charge in [0.25, 0.3) is 0 Å². The summed E-state index contributed by atoms with van der Waals surface area (Å²) in [5.41, 5.74) is -0.566. The molecule has 5 nitrogen and oxygen atoms in total. The normalized spacial score (nSPS) is 13.1. The van der Waals surface area contributed by atoms with E-state index in [2.05, 4.69) is 5.32 Å². The van der Waals surface area contributed by atoms with Crippen LogP contribution in [0.1, 0.15) is 27.2 Å². The molecule has 1 amide bonds. The Hall–Kier alpha value is -0.530. The van der Waals surface area contributed by atoms with Gasteiger partial charge < -0.3 is 15.2 Å². The first-order valence-corrected chi connectivity index (χ1v) is 5.30. The van der Waals surface area contributed by atoms with Crippen LogP contribution >= 0.6 is 22.6 Å². The minimum absolute atomic E-state index is 0.125. The Labute approximate surface area is 96.3 Å². The Morgan fingerprint density at radius 1 is 1.50 bits per heavy atom. The number of ether oxygens (including phenoxy) is 1. The van der Waals surface area contributed by atoms with Crippen molar-refractivity contribution in [3.63, 3.8) is 0 Å². The topological polar surface area (TPSA) is 75.6 Å². The lowest BCUT2D eigenvalue weighted by molar-refractivity contribution is -0.136. The number of rotatable bonds is 3. The summed E-state index contributed by atoms with van der Waals surface area (Å²) in [4.78, 5) is 21.4. The minimum atomic E-state index is -0.958. The molecule has 0 bridgehead atoms. The highest BCUT2D eigenvalue weighted by Gasteiger charge is 2.19. The van der Waals surface area contributed by atoms with Crippen molar-refractivity contribution in [2.75, 3.05) is 0 Å². The molecule has 0 saturated carbocycles. The molecule has 14 heavy (non-hydrogen) atoms. The van der Waals surface area contributed by atoms with Crippen molar-refractivity contribution in [3.8, 4) is 0 Å². The van der Waals surface area contributed by atoms with Crippen LogP contribution in [-0.4, -0.2) is 26.8 Å². The van der Waals surface area contributed by atoms with Crippen LogP contribution in [0, 0.1) is 0 Å². The highest BCUT2D eigenvalue weighted by atomic mass is 127. The average molecular weight is 315 g/mol. The van der Waals surface area contributed by atoms with Crippen molar-refractivity contribution >= 4 is 34.7 Å². The number of carbonyl (C=O) groups is 2. The lowest BCUT2D eigenvalue weighted by atomic mass is 10.2. The molecule has 0 spiro atoms. The summed E-state index contributed by atoms with van der Waals surface area (Å²) >= 11 is 1.83. The predicted octanol–water partition coefficient (Wildman–Crippen LogP) is 1.75. The van der Waals surface area contributed by atoms with Gasteiger partial charge in [-0.3, -0.25) is 4.79 Å². The molecule has 6 heteroatoms. The first-order valence-electron chi connectivity index (χ1n) is 4.06. The lowest BCUT2D eigenvalue weighted by Crippen LogP contribution is -2.37. The summed E-state index contributed by atoms with van der Waals surface area (Å²) in [7, 11) is 0. The van der Waals surface area contributed by atoms with Crippen molar-refractivity contribution in [1.29, 1.82) is 0 Å². The fourth-order valence-electron chi connectivity index (χ4n) is 0.640. The second kappa shape index (κ2) is 5.38. The van der Waals surface area contributed by atoms with Gasteiger partial charge in [-0.1, -0.05) is 22.6 Å². The van der Waals surface area contributed by atoms with E-state index < -0.39 is 21.7 Å². The number of aliphatic carboxylic acids is 1. The van der Waals surface area contributed by atoms with Crippen LogP contribution in [0.15, 0.2) is 0 Å². The predicted molar refractivity (Wildman–Crippen MR) is 59.4 cm³/mol. The van der Waals surface area contributed by atoms with E-state index in [0.29, 0.717) is 0 Å². The molecule has 0 heterocycles. The molecule has 0 fully saturated rings. The number of amides is 1. The van der Waals surface area contributed by atoms with E-state index >= 15 is 0 Å². The fraction of sp³-hybridized carbons (Fsp3) is 0.750. The molecular formula is C8H14INO4. The second-order valence-electron chi connectivity index (χ2n) is 3.71. The third-order valence-corrected chi connectivity index (χ3v) is 1.78. The Kier molecular flexibility index (Phi) is 5.17. The lowest BCUT2D eigenvalue weighted by Gasteiger charge is -2.20. The quantitative estimate of drug-likeness (QED) is 0.473. The van der Waals surface area contributed by atoms with Crippen molar-refractivity contribution in [2.24, 2.45) is 0 Å². The largest absolute Gasteiger partial charge is 0.481 e. The number of hydrogen-bond acceptors (Lipinski definition) is 3. The molecule has 0 aliphatic rings. The molecule has 0 saturated heterocycles. The Morgan fingerprint density at radius 2 is 2.00 bits per heavy atom. The summed E-state index contributed by atoms with van der Waals surface area (Å²) in [6.45, 7) is 5.23. The molecule has 0 radical (unpaired) electrons. The summed E-state index contributed by atoms with van der Waals surface area (Å²) in [6, 6.07) is 0. The van der Waals surface area contributed by atoms with E-state index in [0.717, 1.165) is 0 Å². The van der Waals surface area contributed by atoms with E-state index in [1.807, 2.05) is 22.6 Å². The number of carboxylic acids is 1. The van der Waals surface area contributed by atoms with Crippen LogP contribution < -0.4 is 5.32 Å². The van der Waals surface area contributed by atoms with E-state index in [1.165, 1.54) is 0 Å². The first-order chi connectivity index (χ1) is 6.20. The van der Waals surface area contributed by atoms with Gasteiger partial charge in [-0.05, 0) is 20.8 Å². The van der Waals surface area contributed by atoms with Gasteiger partial charge in [0.15, 0.2) is 0 Å². The molecule has 0 aromatic carbocycles. The van der Waals surface area contributed by atoms with Crippen LogP contribution in [0.2, 0.25) is 0 Å². The Morgan fingerprint density at radius 3 is 2.36 bits per heavy atom. The van der Waals surface area contributed by atoms with Crippen molar-refractivity contribution < 1.29 is 19.4 Å². The minimum Gasteiger partial charge on any atom is -0.481 e. The molecule has 0 aromatic rings. The zero-order valence-electron chi connectivity index (χ0n) is 8.33. The van der Waals surface area contributed by atoms with E-state index in [1.54, 1.807) is 20.8 Å². The van der Waals surface area contributed by atoms with Crippen LogP contribution in [0.25, 0.3) is 0 Å². The smallest absolute Gasteiger partial charge is 0.408 e. The average Bonchev–Trinajstić information content (AvgIpc) is 1.77. The molecule has 0 aliphatic carbocycles. The van der Waals surface area contributed by atoms with Crippen LogP contribution in [0.4, 0.5) is 4.79 Å². The zero-order valence-corrected chi connectivity index (χ0v) is 10.5. The second-order valence-corrected chi connectivity index (χ2v) is 5.22.